The van der Waals surface area contributed by atoms with E-state index < -0.39 is 20.0 Å². The molecule has 1 aromatic carbocycles. The molecule has 1 N–H and O–H groups in total. The van der Waals surface area contributed by atoms with Gasteiger partial charge in [-0.05, 0) is 42.8 Å². The molecule has 1 aliphatic heterocycles. The van der Waals surface area contributed by atoms with E-state index in [2.05, 4.69) is 47.4 Å². The summed E-state index contributed by atoms with van der Waals surface area (Å²) in [7, 11) is -0.233. The van der Waals surface area contributed by atoms with Gasteiger partial charge in [-0.25, -0.2) is 0 Å². The van der Waals surface area contributed by atoms with Crippen LogP contribution in [0.1, 0.15) is 40.2 Å². The van der Waals surface area contributed by atoms with Gasteiger partial charge in [-0.2, -0.15) is 0 Å². The van der Waals surface area contributed by atoms with Crippen LogP contribution in [0.3, 0.4) is 0 Å². The van der Waals surface area contributed by atoms with Gasteiger partial charge in [0.1, 0.15) is 11.4 Å². The molecule has 6 heteroatoms. The summed E-state index contributed by atoms with van der Waals surface area (Å²) >= 11 is 0. The lowest BCUT2D eigenvalue weighted by Gasteiger charge is -2.37. The number of hydrogen-bond donors (Lipinski definition) is 1. The fourth-order valence-corrected chi connectivity index (χ4v) is 4.61. The molecule has 0 spiro atoms. The number of aliphatic hydroxyl groups excluding tert-OH is 1. The molecule has 2 rings (SSSR count). The molecule has 0 aliphatic carbocycles. The molecule has 0 amide bonds. The monoisotopic (exact) mass is 450 g/mol. The largest absolute Gasteiger partial charge is 0.497 e. The van der Waals surface area contributed by atoms with Crippen molar-refractivity contribution < 1.29 is 23.7 Å². The molecule has 0 unspecified atom stereocenters. The van der Waals surface area contributed by atoms with Crippen molar-refractivity contribution in [3.05, 3.63) is 42.5 Å². The van der Waals surface area contributed by atoms with E-state index in [0.717, 1.165) is 11.3 Å². The number of hydrogen-bond acceptors (Lipinski definition) is 5. The van der Waals surface area contributed by atoms with Gasteiger partial charge in [0.2, 0.25) is 0 Å². The molecular weight excluding hydrogens is 408 g/mol. The molecular formula is C25H42O5Si. The minimum Gasteiger partial charge on any atom is -0.497 e. The van der Waals surface area contributed by atoms with Crippen molar-refractivity contribution in [2.75, 3.05) is 20.3 Å². The highest BCUT2D eigenvalue weighted by atomic mass is 28.4. The van der Waals surface area contributed by atoms with E-state index >= 15 is 0 Å². The second-order valence-corrected chi connectivity index (χ2v) is 15.3. The van der Waals surface area contributed by atoms with Crippen LogP contribution in [0.2, 0.25) is 18.1 Å². The average molecular weight is 451 g/mol. The lowest BCUT2D eigenvalue weighted by Crippen LogP contribution is -2.45. The number of aliphatic hydroxyl groups is 1. The molecule has 1 saturated heterocycles. The Kier molecular flexibility index (Phi) is 8.56. The van der Waals surface area contributed by atoms with Crippen molar-refractivity contribution in [2.45, 2.75) is 77.2 Å². The van der Waals surface area contributed by atoms with E-state index in [1.54, 1.807) is 13.2 Å². The molecule has 1 heterocycles. The van der Waals surface area contributed by atoms with E-state index in [4.69, 9.17) is 18.6 Å². The average Bonchev–Trinajstić information content (AvgIpc) is 3.41. The summed E-state index contributed by atoms with van der Waals surface area (Å²) in [5, 5.41) is 11.2. The quantitative estimate of drug-likeness (QED) is 0.270. The van der Waals surface area contributed by atoms with Crippen LogP contribution in [0.15, 0.2) is 36.9 Å². The van der Waals surface area contributed by atoms with Crippen LogP contribution >= 0.6 is 0 Å². The van der Waals surface area contributed by atoms with E-state index in [1.807, 2.05) is 31.2 Å². The molecule has 0 radical (unpaired) electrons. The Balaban J connectivity index is 1.85. The first-order valence-corrected chi connectivity index (χ1v) is 14.1. The Labute approximate surface area is 189 Å². The number of ether oxygens (including phenoxy) is 3. The predicted octanol–water partition coefficient (Wildman–Crippen LogP) is 5.19. The zero-order chi connectivity index (χ0) is 23.4. The van der Waals surface area contributed by atoms with Gasteiger partial charge in [-0.3, -0.25) is 0 Å². The fraction of sp³-hybridized carbons (Fsp3) is 0.680. The molecule has 176 valence electrons. The molecule has 0 bridgehead atoms. The molecule has 5 atom stereocenters. The first-order valence-electron chi connectivity index (χ1n) is 11.2. The van der Waals surface area contributed by atoms with Crippen molar-refractivity contribution in [3.8, 4) is 5.75 Å². The van der Waals surface area contributed by atoms with E-state index in [9.17, 15) is 5.11 Å². The van der Waals surface area contributed by atoms with Crippen molar-refractivity contribution >= 4 is 8.32 Å². The zero-order valence-electron chi connectivity index (χ0n) is 20.6. The summed E-state index contributed by atoms with van der Waals surface area (Å²) in [6.07, 6.45) is 1.09. The fourth-order valence-electron chi connectivity index (χ4n) is 3.56. The summed E-state index contributed by atoms with van der Waals surface area (Å²) < 4.78 is 23.4. The first kappa shape index (κ1) is 26.1. The van der Waals surface area contributed by atoms with Crippen molar-refractivity contribution in [1.82, 2.24) is 0 Å². The second kappa shape index (κ2) is 10.2. The number of benzene rings is 1. The Morgan fingerprint density at radius 2 is 1.84 bits per heavy atom. The van der Waals surface area contributed by atoms with Crippen LogP contribution < -0.4 is 4.74 Å². The smallest absolute Gasteiger partial charge is 0.192 e. The van der Waals surface area contributed by atoms with Gasteiger partial charge in [0, 0.05) is 18.4 Å². The standard InChI is InChI=1S/C25H42O5Si/c1-10-20(17-29-31(8,9)24(3,4)5)22(26)25(6)23(30-25)18(2)15-28-16-19-11-13-21(27-7)14-12-19/h10-14,18,20,22-23,26H,1,15-17H2,2-9H3/t18-,20+,22-,23+,25-/m0/s1. The third-order valence-electron chi connectivity index (χ3n) is 6.95. The van der Waals surface area contributed by atoms with Crippen molar-refractivity contribution in [3.63, 3.8) is 0 Å². The van der Waals surface area contributed by atoms with Crippen LogP contribution in [-0.4, -0.2) is 51.6 Å². The highest BCUT2D eigenvalue weighted by Gasteiger charge is 2.60. The van der Waals surface area contributed by atoms with Gasteiger partial charge in [-0.15, -0.1) is 6.58 Å². The molecule has 1 fully saturated rings. The number of epoxide rings is 1. The third kappa shape index (κ3) is 6.42. The Bertz CT molecular complexity index is 712. The molecule has 0 saturated carbocycles. The van der Waals surface area contributed by atoms with E-state index in [1.165, 1.54) is 0 Å². The molecule has 0 aromatic heterocycles. The summed E-state index contributed by atoms with van der Waals surface area (Å²) in [4.78, 5) is 0. The summed E-state index contributed by atoms with van der Waals surface area (Å²) in [6.45, 7) is 20.7. The highest BCUT2D eigenvalue weighted by molar-refractivity contribution is 6.74. The predicted molar refractivity (Wildman–Crippen MR) is 128 cm³/mol. The van der Waals surface area contributed by atoms with Gasteiger partial charge >= 0.3 is 0 Å². The summed E-state index contributed by atoms with van der Waals surface area (Å²) in [5.74, 6) is 0.837. The van der Waals surface area contributed by atoms with Crippen LogP contribution in [-0.2, 0) is 20.5 Å². The molecule has 31 heavy (non-hydrogen) atoms. The molecule has 1 aliphatic rings. The minimum absolute atomic E-state index is 0.0475. The summed E-state index contributed by atoms with van der Waals surface area (Å²) in [5.41, 5.74) is 0.500. The van der Waals surface area contributed by atoms with E-state index in [0.29, 0.717) is 19.8 Å². The maximum absolute atomic E-state index is 11.1. The van der Waals surface area contributed by atoms with Gasteiger partial charge in [0.25, 0.3) is 0 Å². The summed E-state index contributed by atoms with van der Waals surface area (Å²) in [6, 6.07) is 7.87. The van der Waals surface area contributed by atoms with Crippen molar-refractivity contribution in [2.24, 2.45) is 11.8 Å². The van der Waals surface area contributed by atoms with Gasteiger partial charge < -0.3 is 23.7 Å². The molecule has 1 aromatic rings. The Morgan fingerprint density at radius 3 is 2.35 bits per heavy atom. The topological polar surface area (TPSA) is 60.5 Å². The first-order chi connectivity index (χ1) is 14.4. The highest BCUT2D eigenvalue weighted by Crippen LogP contribution is 2.46. The lowest BCUT2D eigenvalue weighted by molar-refractivity contribution is 0.0315. The van der Waals surface area contributed by atoms with Crippen molar-refractivity contribution in [1.29, 1.82) is 0 Å². The second-order valence-electron chi connectivity index (χ2n) is 10.5. The van der Waals surface area contributed by atoms with Gasteiger partial charge in [0.05, 0.1) is 32.5 Å². The van der Waals surface area contributed by atoms with Crippen LogP contribution in [0.25, 0.3) is 0 Å². The lowest BCUT2D eigenvalue weighted by atomic mass is 9.86. The maximum atomic E-state index is 11.1. The van der Waals surface area contributed by atoms with Crippen LogP contribution in [0.5, 0.6) is 5.75 Å². The maximum Gasteiger partial charge on any atom is 0.192 e. The normalized spacial score (nSPS) is 24.4. The van der Waals surface area contributed by atoms with Gasteiger partial charge in [-0.1, -0.05) is 45.9 Å². The third-order valence-corrected chi connectivity index (χ3v) is 11.5. The zero-order valence-corrected chi connectivity index (χ0v) is 21.6. The number of methoxy groups -OCH3 is 1. The van der Waals surface area contributed by atoms with Crippen LogP contribution in [0.4, 0.5) is 0 Å². The Morgan fingerprint density at radius 1 is 1.23 bits per heavy atom. The Hall–Kier alpha value is -1.18. The van der Waals surface area contributed by atoms with Crippen LogP contribution in [0, 0.1) is 11.8 Å². The minimum atomic E-state index is -1.89. The molecule has 5 nitrogen and oxygen atoms in total. The number of rotatable bonds is 12. The van der Waals surface area contributed by atoms with Gasteiger partial charge in [0.15, 0.2) is 8.32 Å². The SMILES string of the molecule is C=C[C@H](CO[Si](C)(C)C(C)(C)C)[C@H](O)[C@]1(C)O[C@@H]1[C@@H](C)COCc1ccc(OC)cc1. The van der Waals surface area contributed by atoms with E-state index in [-0.39, 0.29) is 23.0 Å².